The Labute approximate surface area is 120 Å². The van der Waals surface area contributed by atoms with Crippen molar-refractivity contribution in [1.29, 1.82) is 0 Å². The first kappa shape index (κ1) is 15.6. The smallest absolute Gasteiger partial charge is 0.416 e. The lowest BCUT2D eigenvalue weighted by Crippen LogP contribution is -2.47. The molecule has 2 rings (SSSR count). The maximum Gasteiger partial charge on any atom is 0.416 e. The van der Waals surface area contributed by atoms with E-state index in [4.69, 9.17) is 10.5 Å². The third-order valence-corrected chi connectivity index (χ3v) is 3.35. The van der Waals surface area contributed by atoms with E-state index in [9.17, 15) is 18.0 Å². The summed E-state index contributed by atoms with van der Waals surface area (Å²) in [5.41, 5.74) is 5.04. The lowest BCUT2D eigenvalue weighted by Gasteiger charge is -2.30. The van der Waals surface area contributed by atoms with Gasteiger partial charge in [-0.3, -0.25) is 4.79 Å². The quantitative estimate of drug-likeness (QED) is 0.929. The summed E-state index contributed by atoms with van der Waals surface area (Å²) in [6.07, 6.45) is -2.63. The Morgan fingerprint density at radius 1 is 1.33 bits per heavy atom. The maximum atomic E-state index is 12.4. The van der Waals surface area contributed by atoms with Gasteiger partial charge < -0.3 is 15.4 Å². The topological polar surface area (TPSA) is 55.6 Å². The number of rotatable bonds is 3. The minimum Gasteiger partial charge on any atom is -0.484 e. The van der Waals surface area contributed by atoms with E-state index in [-0.39, 0.29) is 24.3 Å². The van der Waals surface area contributed by atoms with Crippen LogP contribution < -0.4 is 10.5 Å². The Hall–Kier alpha value is -1.76. The minimum absolute atomic E-state index is 0.0197. The van der Waals surface area contributed by atoms with Gasteiger partial charge in [-0.05, 0) is 37.1 Å². The van der Waals surface area contributed by atoms with Gasteiger partial charge in [0, 0.05) is 19.1 Å². The van der Waals surface area contributed by atoms with Crippen LogP contribution in [0.25, 0.3) is 0 Å². The summed E-state index contributed by atoms with van der Waals surface area (Å²) < 4.78 is 42.4. The largest absolute Gasteiger partial charge is 0.484 e. The molecule has 21 heavy (non-hydrogen) atoms. The van der Waals surface area contributed by atoms with E-state index in [1.807, 2.05) is 0 Å². The molecule has 1 saturated heterocycles. The summed E-state index contributed by atoms with van der Waals surface area (Å²) in [6, 6.07) is 4.25. The van der Waals surface area contributed by atoms with Gasteiger partial charge in [-0.25, -0.2) is 0 Å². The van der Waals surface area contributed by atoms with Crippen molar-refractivity contribution < 1.29 is 22.7 Å². The van der Waals surface area contributed by atoms with E-state index in [0.717, 1.165) is 25.0 Å². The van der Waals surface area contributed by atoms with E-state index in [1.54, 1.807) is 4.90 Å². The number of carbonyl (C=O) groups is 1. The highest BCUT2D eigenvalue weighted by atomic mass is 19.4. The van der Waals surface area contributed by atoms with Crippen LogP contribution in [0.4, 0.5) is 13.2 Å². The number of halogens is 3. The van der Waals surface area contributed by atoms with Gasteiger partial charge in [-0.2, -0.15) is 13.2 Å². The molecule has 1 fully saturated rings. The van der Waals surface area contributed by atoms with Gasteiger partial charge in [0.2, 0.25) is 0 Å². The van der Waals surface area contributed by atoms with Crippen LogP contribution in [0.5, 0.6) is 5.75 Å². The van der Waals surface area contributed by atoms with Gasteiger partial charge in [-0.1, -0.05) is 0 Å². The molecular formula is C14H17F3N2O2. The molecule has 0 saturated carbocycles. The lowest BCUT2D eigenvalue weighted by atomic mass is 10.1. The molecule has 0 aromatic heterocycles. The summed E-state index contributed by atoms with van der Waals surface area (Å²) in [6.45, 7) is 0.941. The number of carbonyl (C=O) groups excluding carboxylic acids is 1. The molecule has 0 bridgehead atoms. The molecule has 116 valence electrons. The fraction of sp³-hybridized carbons (Fsp3) is 0.500. The number of ether oxygens (including phenoxy) is 1. The Morgan fingerprint density at radius 3 is 2.57 bits per heavy atom. The van der Waals surface area contributed by atoms with Crippen molar-refractivity contribution >= 4 is 5.91 Å². The molecule has 1 aliphatic heterocycles. The number of amides is 1. The standard InChI is InChI=1S/C14H17F3N2O2/c15-14(16,17)10-3-5-12(6-4-10)21-9-13(20)19-7-1-2-11(18)8-19/h3-6,11H,1-2,7-9,18H2/t11-/m1/s1. The number of hydrogen-bond acceptors (Lipinski definition) is 3. The summed E-state index contributed by atoms with van der Waals surface area (Å²) in [5, 5.41) is 0. The molecule has 2 N–H and O–H groups in total. The van der Waals surface area contributed by atoms with Crippen LogP contribution in [0.3, 0.4) is 0 Å². The monoisotopic (exact) mass is 302 g/mol. The van der Waals surface area contributed by atoms with E-state index < -0.39 is 11.7 Å². The normalized spacial score (nSPS) is 19.4. The zero-order valence-electron chi connectivity index (χ0n) is 11.4. The summed E-state index contributed by atoms with van der Waals surface area (Å²) in [7, 11) is 0. The SMILES string of the molecule is N[C@@H]1CCCN(C(=O)COc2ccc(C(F)(F)F)cc2)C1. The number of nitrogens with zero attached hydrogens (tertiary/aromatic N) is 1. The minimum atomic E-state index is -4.38. The lowest BCUT2D eigenvalue weighted by molar-refractivity contribution is -0.138. The van der Waals surface area contributed by atoms with Crippen molar-refractivity contribution in [3.63, 3.8) is 0 Å². The molecule has 1 aromatic carbocycles. The van der Waals surface area contributed by atoms with Gasteiger partial charge in [-0.15, -0.1) is 0 Å². The highest BCUT2D eigenvalue weighted by Crippen LogP contribution is 2.30. The number of nitrogens with two attached hydrogens (primary N) is 1. The van der Waals surface area contributed by atoms with Crippen LogP contribution in [0.15, 0.2) is 24.3 Å². The number of likely N-dealkylation sites (tertiary alicyclic amines) is 1. The Bertz CT molecular complexity index is 488. The first-order valence-corrected chi connectivity index (χ1v) is 6.69. The van der Waals surface area contributed by atoms with Crippen LogP contribution in [0.1, 0.15) is 18.4 Å². The number of hydrogen-bond donors (Lipinski definition) is 1. The molecular weight excluding hydrogens is 285 g/mol. The zero-order valence-corrected chi connectivity index (χ0v) is 11.4. The first-order valence-electron chi connectivity index (χ1n) is 6.69. The van der Waals surface area contributed by atoms with E-state index in [1.165, 1.54) is 12.1 Å². The second-order valence-electron chi connectivity index (χ2n) is 5.05. The van der Waals surface area contributed by atoms with Crippen molar-refractivity contribution in [3.05, 3.63) is 29.8 Å². The molecule has 1 heterocycles. The zero-order chi connectivity index (χ0) is 15.5. The van der Waals surface area contributed by atoms with E-state index >= 15 is 0 Å². The highest BCUT2D eigenvalue weighted by Gasteiger charge is 2.30. The van der Waals surface area contributed by atoms with E-state index in [2.05, 4.69) is 0 Å². The maximum absolute atomic E-state index is 12.4. The van der Waals surface area contributed by atoms with Gasteiger partial charge in [0.1, 0.15) is 5.75 Å². The van der Waals surface area contributed by atoms with E-state index in [0.29, 0.717) is 13.1 Å². The predicted octanol–water partition coefficient (Wildman–Crippen LogP) is 2.03. The summed E-state index contributed by atoms with van der Waals surface area (Å²) in [5.74, 6) is 0.0303. The number of alkyl halides is 3. The number of benzene rings is 1. The molecule has 1 aliphatic rings. The van der Waals surface area contributed by atoms with Crippen molar-refractivity contribution in [2.24, 2.45) is 5.73 Å². The van der Waals surface area contributed by atoms with Crippen molar-refractivity contribution in [1.82, 2.24) is 4.90 Å². The molecule has 7 heteroatoms. The highest BCUT2D eigenvalue weighted by molar-refractivity contribution is 5.77. The Kier molecular flexibility index (Phi) is 4.72. The number of piperidine rings is 1. The summed E-state index contributed by atoms with van der Waals surface area (Å²) in [4.78, 5) is 13.5. The molecule has 0 aliphatic carbocycles. The molecule has 1 atom stereocenters. The van der Waals surface area contributed by atoms with Crippen LogP contribution in [0, 0.1) is 0 Å². The Balaban J connectivity index is 1.86. The van der Waals surface area contributed by atoms with Crippen molar-refractivity contribution in [3.8, 4) is 5.75 Å². The fourth-order valence-corrected chi connectivity index (χ4v) is 2.21. The second kappa shape index (κ2) is 6.34. The van der Waals surface area contributed by atoms with Gasteiger partial charge >= 0.3 is 6.18 Å². The van der Waals surface area contributed by atoms with Crippen LogP contribution >= 0.6 is 0 Å². The van der Waals surface area contributed by atoms with Gasteiger partial charge in [0.15, 0.2) is 6.61 Å². The Morgan fingerprint density at radius 2 is 2.00 bits per heavy atom. The fourth-order valence-electron chi connectivity index (χ4n) is 2.21. The second-order valence-corrected chi connectivity index (χ2v) is 5.05. The van der Waals surface area contributed by atoms with Crippen LogP contribution in [0.2, 0.25) is 0 Å². The molecule has 4 nitrogen and oxygen atoms in total. The molecule has 1 aromatic rings. The molecule has 1 amide bonds. The molecule has 0 spiro atoms. The van der Waals surface area contributed by atoms with Gasteiger partial charge in [0.25, 0.3) is 5.91 Å². The third-order valence-electron chi connectivity index (χ3n) is 3.35. The summed E-state index contributed by atoms with van der Waals surface area (Å²) >= 11 is 0. The van der Waals surface area contributed by atoms with Crippen molar-refractivity contribution in [2.75, 3.05) is 19.7 Å². The van der Waals surface area contributed by atoms with Gasteiger partial charge in [0.05, 0.1) is 5.56 Å². The predicted molar refractivity (Wildman–Crippen MR) is 70.7 cm³/mol. The molecule has 0 unspecified atom stereocenters. The first-order chi connectivity index (χ1) is 9.86. The average Bonchev–Trinajstić information content (AvgIpc) is 2.44. The third kappa shape index (κ3) is 4.35. The average molecular weight is 302 g/mol. The van der Waals surface area contributed by atoms with Crippen LogP contribution in [-0.2, 0) is 11.0 Å². The van der Waals surface area contributed by atoms with Crippen LogP contribution in [-0.4, -0.2) is 36.5 Å². The molecule has 0 radical (unpaired) electrons. The van der Waals surface area contributed by atoms with Crippen molar-refractivity contribution in [2.45, 2.75) is 25.1 Å².